The Morgan fingerprint density at radius 2 is 2.09 bits per heavy atom. The van der Waals surface area contributed by atoms with Gasteiger partial charge in [0, 0.05) is 31.6 Å². The first-order valence-corrected chi connectivity index (χ1v) is 8.10. The highest BCUT2D eigenvalue weighted by Crippen LogP contribution is 2.28. The number of nitrogens with one attached hydrogen (secondary N) is 2. The standard InChI is InChI=1S/C13H20N6O2S/c1-13(2,3)9-16-17-10(22-9)15-12(21)18-6-8(7-18)19-5-4-14-11(19)20/h8H,4-7H2,1-3H3,(H,14,20)(H,15,17,21). The third kappa shape index (κ3) is 2.85. The van der Waals surface area contributed by atoms with Gasteiger partial charge in [-0.1, -0.05) is 32.1 Å². The summed E-state index contributed by atoms with van der Waals surface area (Å²) in [6.07, 6.45) is 0. The quantitative estimate of drug-likeness (QED) is 0.851. The molecule has 2 aliphatic heterocycles. The highest BCUT2D eigenvalue weighted by atomic mass is 32.1. The van der Waals surface area contributed by atoms with Crippen LogP contribution in [0.4, 0.5) is 14.7 Å². The van der Waals surface area contributed by atoms with Gasteiger partial charge in [0.15, 0.2) is 0 Å². The average molecular weight is 324 g/mol. The number of aromatic nitrogens is 2. The maximum absolute atomic E-state index is 12.1. The molecule has 4 amide bonds. The Balaban J connectivity index is 1.51. The summed E-state index contributed by atoms with van der Waals surface area (Å²) in [4.78, 5) is 27.1. The Morgan fingerprint density at radius 3 is 2.64 bits per heavy atom. The molecule has 0 aliphatic carbocycles. The summed E-state index contributed by atoms with van der Waals surface area (Å²) in [5.74, 6) is 0. The molecule has 2 fully saturated rings. The number of urea groups is 2. The molecule has 3 rings (SSSR count). The number of hydrogen-bond donors (Lipinski definition) is 2. The predicted molar refractivity (Wildman–Crippen MR) is 83.1 cm³/mol. The highest BCUT2D eigenvalue weighted by Gasteiger charge is 2.39. The largest absolute Gasteiger partial charge is 0.336 e. The lowest BCUT2D eigenvalue weighted by atomic mass is 9.98. The van der Waals surface area contributed by atoms with Crippen LogP contribution in [0.25, 0.3) is 0 Å². The van der Waals surface area contributed by atoms with Gasteiger partial charge in [0.2, 0.25) is 5.13 Å². The van der Waals surface area contributed by atoms with Crippen LogP contribution >= 0.6 is 11.3 Å². The van der Waals surface area contributed by atoms with Crippen molar-refractivity contribution in [2.45, 2.75) is 32.2 Å². The lowest BCUT2D eigenvalue weighted by Crippen LogP contribution is -2.62. The Morgan fingerprint density at radius 1 is 1.36 bits per heavy atom. The van der Waals surface area contributed by atoms with Crippen molar-refractivity contribution in [2.75, 3.05) is 31.5 Å². The molecule has 0 unspecified atom stereocenters. The van der Waals surface area contributed by atoms with E-state index < -0.39 is 0 Å². The Labute approximate surface area is 132 Å². The molecule has 0 atom stereocenters. The van der Waals surface area contributed by atoms with Crippen LogP contribution in [0.15, 0.2) is 0 Å². The van der Waals surface area contributed by atoms with Crippen molar-refractivity contribution < 1.29 is 9.59 Å². The molecule has 0 spiro atoms. The molecule has 22 heavy (non-hydrogen) atoms. The van der Waals surface area contributed by atoms with Gasteiger partial charge in [0.1, 0.15) is 5.01 Å². The summed E-state index contributed by atoms with van der Waals surface area (Å²) < 4.78 is 0. The normalized spacial score (nSPS) is 19.1. The van der Waals surface area contributed by atoms with E-state index in [2.05, 4.69) is 41.6 Å². The fraction of sp³-hybridized carbons (Fsp3) is 0.692. The minimum absolute atomic E-state index is 0.0380. The summed E-state index contributed by atoms with van der Waals surface area (Å²) in [6.45, 7) is 8.68. The molecule has 0 aromatic carbocycles. The van der Waals surface area contributed by atoms with E-state index in [-0.39, 0.29) is 23.5 Å². The first-order chi connectivity index (χ1) is 10.3. The van der Waals surface area contributed by atoms with Gasteiger partial charge in [-0.2, -0.15) is 0 Å². The van der Waals surface area contributed by atoms with Crippen molar-refractivity contribution in [3.05, 3.63) is 5.01 Å². The zero-order valence-corrected chi connectivity index (χ0v) is 13.7. The zero-order chi connectivity index (χ0) is 15.9. The van der Waals surface area contributed by atoms with Gasteiger partial charge < -0.3 is 15.1 Å². The zero-order valence-electron chi connectivity index (χ0n) is 12.9. The van der Waals surface area contributed by atoms with Crippen LogP contribution in [0.1, 0.15) is 25.8 Å². The maximum Gasteiger partial charge on any atom is 0.323 e. The van der Waals surface area contributed by atoms with Crippen LogP contribution in [-0.4, -0.2) is 64.3 Å². The summed E-state index contributed by atoms with van der Waals surface area (Å²) in [5, 5.41) is 15.1. The molecule has 0 radical (unpaired) electrons. The van der Waals surface area contributed by atoms with Crippen LogP contribution < -0.4 is 10.6 Å². The van der Waals surface area contributed by atoms with Gasteiger partial charge >= 0.3 is 12.1 Å². The molecular formula is C13H20N6O2S. The van der Waals surface area contributed by atoms with Crippen molar-refractivity contribution in [3.63, 3.8) is 0 Å². The monoisotopic (exact) mass is 324 g/mol. The predicted octanol–water partition coefficient (Wildman–Crippen LogP) is 1.08. The molecule has 2 aliphatic rings. The van der Waals surface area contributed by atoms with Crippen LogP contribution in [0.3, 0.4) is 0 Å². The van der Waals surface area contributed by atoms with E-state index in [0.717, 1.165) is 5.01 Å². The second-order valence-corrected chi connectivity index (χ2v) is 7.55. The van der Waals surface area contributed by atoms with Crippen molar-refractivity contribution in [3.8, 4) is 0 Å². The number of nitrogens with zero attached hydrogens (tertiary/aromatic N) is 4. The van der Waals surface area contributed by atoms with E-state index in [9.17, 15) is 9.59 Å². The van der Waals surface area contributed by atoms with E-state index in [1.807, 2.05) is 0 Å². The van der Waals surface area contributed by atoms with E-state index in [1.165, 1.54) is 11.3 Å². The SMILES string of the molecule is CC(C)(C)c1nnc(NC(=O)N2CC(N3CCNC3=O)C2)s1. The number of carbonyl (C=O) groups is 2. The van der Waals surface area contributed by atoms with Gasteiger partial charge in [-0.3, -0.25) is 5.32 Å². The number of rotatable bonds is 2. The van der Waals surface area contributed by atoms with Gasteiger partial charge in [-0.15, -0.1) is 10.2 Å². The summed E-state index contributed by atoms with van der Waals surface area (Å²) >= 11 is 1.39. The molecule has 8 nitrogen and oxygen atoms in total. The summed E-state index contributed by atoms with van der Waals surface area (Å²) in [5.41, 5.74) is -0.0778. The van der Waals surface area contributed by atoms with Crippen molar-refractivity contribution in [2.24, 2.45) is 0 Å². The average Bonchev–Trinajstić information content (AvgIpc) is 2.97. The third-order valence-electron chi connectivity index (χ3n) is 3.76. The van der Waals surface area contributed by atoms with Crippen LogP contribution in [-0.2, 0) is 5.41 Å². The summed E-state index contributed by atoms with van der Waals surface area (Å²) in [6, 6.07) is -0.107. The van der Waals surface area contributed by atoms with Crippen LogP contribution in [0.5, 0.6) is 0 Å². The van der Waals surface area contributed by atoms with E-state index in [0.29, 0.717) is 31.3 Å². The Kier molecular flexibility index (Phi) is 3.67. The van der Waals surface area contributed by atoms with Crippen LogP contribution in [0, 0.1) is 0 Å². The first kappa shape index (κ1) is 15.0. The maximum atomic E-state index is 12.1. The highest BCUT2D eigenvalue weighted by molar-refractivity contribution is 7.15. The van der Waals surface area contributed by atoms with Gasteiger partial charge in [0.05, 0.1) is 6.04 Å². The third-order valence-corrected chi connectivity index (χ3v) is 5.02. The first-order valence-electron chi connectivity index (χ1n) is 7.29. The molecule has 2 N–H and O–H groups in total. The molecular weight excluding hydrogens is 304 g/mol. The van der Waals surface area contributed by atoms with Crippen molar-refractivity contribution in [1.29, 1.82) is 0 Å². The molecule has 2 saturated heterocycles. The molecule has 1 aromatic heterocycles. The topological polar surface area (TPSA) is 90.5 Å². The Bertz CT molecular complexity index is 590. The lowest BCUT2D eigenvalue weighted by Gasteiger charge is -2.42. The number of carbonyl (C=O) groups excluding carboxylic acids is 2. The second kappa shape index (κ2) is 5.38. The van der Waals surface area contributed by atoms with Crippen molar-refractivity contribution >= 4 is 28.5 Å². The number of anilines is 1. The molecule has 3 heterocycles. The van der Waals surface area contributed by atoms with E-state index >= 15 is 0 Å². The Hall–Kier alpha value is -1.90. The second-order valence-electron chi connectivity index (χ2n) is 6.58. The fourth-order valence-electron chi connectivity index (χ4n) is 2.40. The molecule has 120 valence electrons. The van der Waals surface area contributed by atoms with Crippen molar-refractivity contribution in [1.82, 2.24) is 25.3 Å². The lowest BCUT2D eigenvalue weighted by molar-refractivity contribution is 0.0922. The van der Waals surface area contributed by atoms with Crippen LogP contribution in [0.2, 0.25) is 0 Å². The van der Waals surface area contributed by atoms with E-state index in [4.69, 9.17) is 0 Å². The minimum atomic E-state index is -0.188. The fourth-order valence-corrected chi connectivity index (χ4v) is 3.19. The molecule has 0 saturated carbocycles. The number of likely N-dealkylation sites (tertiary alicyclic amines) is 1. The molecule has 0 bridgehead atoms. The molecule has 9 heteroatoms. The number of hydrogen-bond acceptors (Lipinski definition) is 5. The number of amides is 4. The van der Waals surface area contributed by atoms with Gasteiger partial charge in [-0.05, 0) is 0 Å². The van der Waals surface area contributed by atoms with Gasteiger partial charge in [-0.25, -0.2) is 9.59 Å². The smallest absolute Gasteiger partial charge is 0.323 e. The molecule has 1 aromatic rings. The summed E-state index contributed by atoms with van der Waals surface area (Å²) in [7, 11) is 0. The van der Waals surface area contributed by atoms with Gasteiger partial charge in [0.25, 0.3) is 0 Å². The van der Waals surface area contributed by atoms with E-state index in [1.54, 1.807) is 9.80 Å². The minimum Gasteiger partial charge on any atom is -0.336 e.